The Labute approximate surface area is 168 Å². The van der Waals surface area contributed by atoms with Gasteiger partial charge in [0.15, 0.2) is 0 Å². The summed E-state index contributed by atoms with van der Waals surface area (Å²) in [6.45, 7) is 2.21. The second-order valence-electron chi connectivity index (χ2n) is 6.84. The number of benzene rings is 1. The molecule has 0 aliphatic carbocycles. The number of rotatable bonds is 8. The van der Waals surface area contributed by atoms with Crippen molar-refractivity contribution in [3.05, 3.63) is 29.3 Å². The number of carboxylic acid groups (broad SMARTS) is 1. The van der Waals surface area contributed by atoms with Crippen molar-refractivity contribution in [1.82, 2.24) is 4.90 Å². The largest absolute Gasteiger partial charge is 0.508 e. The lowest BCUT2D eigenvalue weighted by molar-refractivity contribution is -0.144. The summed E-state index contributed by atoms with van der Waals surface area (Å²) in [6.07, 6.45) is 2.41. The normalized spacial score (nSPS) is 17.2. The number of hydrogen-bond acceptors (Lipinski definition) is 5. The van der Waals surface area contributed by atoms with E-state index in [2.05, 4.69) is 4.90 Å². The zero-order valence-corrected chi connectivity index (χ0v) is 16.7. The lowest BCUT2D eigenvalue weighted by atomic mass is 9.67. The monoisotopic (exact) mass is 406 g/mol. The summed E-state index contributed by atoms with van der Waals surface area (Å²) in [5, 5.41) is 28.2. The summed E-state index contributed by atoms with van der Waals surface area (Å²) >= 11 is 0. The number of phenols is 1. The van der Waals surface area contributed by atoms with Gasteiger partial charge in [-0.25, -0.2) is 0 Å². The van der Waals surface area contributed by atoms with Gasteiger partial charge in [-0.2, -0.15) is 0 Å². The van der Waals surface area contributed by atoms with E-state index in [0.717, 1.165) is 18.5 Å². The Morgan fingerprint density at radius 3 is 2.65 bits per heavy atom. The Hall–Kier alpha value is -0.985. The number of aliphatic hydroxyl groups is 1. The highest BCUT2D eigenvalue weighted by molar-refractivity contribution is 6.15. The number of aliphatic hydroxyl groups excluding tert-OH is 1. The number of carboxylic acids is 1. The van der Waals surface area contributed by atoms with Crippen molar-refractivity contribution in [3.8, 4) is 5.75 Å². The number of nitrogens with zero attached hydrogens (tertiary/aromatic N) is 1. The van der Waals surface area contributed by atoms with Crippen LogP contribution in [-0.2, 0) is 17.8 Å². The molecule has 1 aliphatic heterocycles. The first kappa shape index (κ1) is 25.0. The van der Waals surface area contributed by atoms with Crippen LogP contribution in [0.2, 0.25) is 5.82 Å². The summed E-state index contributed by atoms with van der Waals surface area (Å²) < 4.78 is 0. The SMILES string of the molecule is BC(CCCO)C(N)(CCN1CCc2ccc(O)cc2C1)C(=O)O.Cl.Cl. The van der Waals surface area contributed by atoms with Gasteiger partial charge in [-0.15, -0.1) is 24.8 Å². The van der Waals surface area contributed by atoms with Gasteiger partial charge in [-0.3, -0.25) is 9.69 Å². The molecule has 0 aromatic heterocycles. The Balaban J connectivity index is 0.00000312. The smallest absolute Gasteiger partial charge is 0.323 e. The molecule has 9 heteroatoms. The first-order valence-electron chi connectivity index (χ1n) is 8.53. The van der Waals surface area contributed by atoms with Crippen molar-refractivity contribution >= 4 is 38.6 Å². The van der Waals surface area contributed by atoms with Crippen LogP contribution in [0.1, 0.15) is 30.4 Å². The minimum atomic E-state index is -1.28. The minimum absolute atomic E-state index is 0. The van der Waals surface area contributed by atoms with Gasteiger partial charge in [0, 0.05) is 26.2 Å². The van der Waals surface area contributed by atoms with Gasteiger partial charge in [-0.1, -0.05) is 12.5 Å². The lowest BCUT2D eigenvalue weighted by Crippen LogP contribution is -2.53. The summed E-state index contributed by atoms with van der Waals surface area (Å²) in [7, 11) is 1.84. The highest BCUT2D eigenvalue weighted by Gasteiger charge is 2.39. The third kappa shape index (κ3) is 6.03. The standard InChI is InChI=1S/C17H27BN2O4.2ClH/c18-15(2-1-9-21)17(19,16(23)24)6-8-20-7-5-12-3-4-14(22)10-13(12)11-20;;/h3-4,10,15,21-22H,1-2,5-9,11,18-19H2,(H,23,24);2*1H. The van der Waals surface area contributed by atoms with Crippen LogP contribution in [0.3, 0.4) is 0 Å². The van der Waals surface area contributed by atoms with Crippen LogP contribution >= 0.6 is 24.8 Å². The molecule has 1 heterocycles. The Kier molecular flexibility index (Phi) is 10.6. The molecule has 6 nitrogen and oxygen atoms in total. The molecule has 2 atom stereocenters. The van der Waals surface area contributed by atoms with Gasteiger partial charge in [0.05, 0.1) is 0 Å². The van der Waals surface area contributed by atoms with E-state index in [0.29, 0.717) is 32.4 Å². The molecule has 0 fully saturated rings. The number of carbonyl (C=O) groups is 1. The van der Waals surface area contributed by atoms with Gasteiger partial charge in [0.1, 0.15) is 19.1 Å². The minimum Gasteiger partial charge on any atom is -0.508 e. The van der Waals surface area contributed by atoms with Crippen LogP contribution < -0.4 is 5.73 Å². The molecule has 0 saturated heterocycles. The Morgan fingerprint density at radius 2 is 2.04 bits per heavy atom. The van der Waals surface area contributed by atoms with Crippen LogP contribution in [0.25, 0.3) is 0 Å². The van der Waals surface area contributed by atoms with Crippen molar-refractivity contribution in [2.24, 2.45) is 5.73 Å². The van der Waals surface area contributed by atoms with Crippen molar-refractivity contribution in [2.45, 2.75) is 43.6 Å². The number of aliphatic carboxylic acids is 1. The van der Waals surface area contributed by atoms with Crippen molar-refractivity contribution in [1.29, 1.82) is 0 Å². The first-order chi connectivity index (χ1) is 11.4. The number of halogens is 2. The molecule has 0 bridgehead atoms. The fourth-order valence-electron chi connectivity index (χ4n) is 3.36. The summed E-state index contributed by atoms with van der Waals surface area (Å²) in [5.74, 6) is -0.932. The molecule has 148 valence electrons. The zero-order valence-electron chi connectivity index (χ0n) is 15.1. The average Bonchev–Trinajstić information content (AvgIpc) is 2.56. The predicted molar refractivity (Wildman–Crippen MR) is 109 cm³/mol. The third-order valence-corrected chi connectivity index (χ3v) is 5.20. The maximum absolute atomic E-state index is 11.7. The molecule has 0 spiro atoms. The molecule has 2 unspecified atom stereocenters. The lowest BCUT2D eigenvalue weighted by Gasteiger charge is -2.35. The molecule has 1 aromatic rings. The summed E-state index contributed by atoms with van der Waals surface area (Å²) in [4.78, 5) is 13.9. The first-order valence-corrected chi connectivity index (χ1v) is 8.53. The number of phenolic OH excluding ortho intramolecular Hbond substituents is 1. The number of hydrogen-bond donors (Lipinski definition) is 4. The molecule has 5 N–H and O–H groups in total. The van der Waals surface area contributed by atoms with Crippen LogP contribution in [0.5, 0.6) is 5.75 Å². The van der Waals surface area contributed by atoms with Crippen molar-refractivity contribution in [3.63, 3.8) is 0 Å². The quantitative estimate of drug-likeness (QED) is 0.479. The third-order valence-electron chi connectivity index (χ3n) is 5.20. The highest BCUT2D eigenvalue weighted by atomic mass is 35.5. The van der Waals surface area contributed by atoms with Gasteiger partial charge >= 0.3 is 5.97 Å². The van der Waals surface area contributed by atoms with Gasteiger partial charge in [-0.05, 0) is 48.3 Å². The van der Waals surface area contributed by atoms with Crippen LogP contribution in [0.4, 0.5) is 0 Å². The van der Waals surface area contributed by atoms with Crippen LogP contribution in [0.15, 0.2) is 18.2 Å². The zero-order chi connectivity index (χ0) is 17.7. The fraction of sp³-hybridized carbons (Fsp3) is 0.588. The van der Waals surface area contributed by atoms with Gasteiger partial charge in [0.2, 0.25) is 0 Å². The molecule has 0 amide bonds. The molecule has 0 radical (unpaired) electrons. The fourth-order valence-corrected chi connectivity index (χ4v) is 3.36. The number of nitrogens with two attached hydrogens (primary N) is 1. The Morgan fingerprint density at radius 1 is 1.35 bits per heavy atom. The Bertz CT molecular complexity index is 594. The van der Waals surface area contributed by atoms with E-state index in [1.807, 2.05) is 13.9 Å². The highest BCUT2D eigenvalue weighted by Crippen LogP contribution is 2.29. The van der Waals surface area contributed by atoms with E-state index in [4.69, 9.17) is 10.8 Å². The molecule has 2 rings (SSSR count). The molecule has 0 saturated carbocycles. The maximum atomic E-state index is 11.7. The average molecular weight is 407 g/mol. The van der Waals surface area contributed by atoms with Gasteiger partial charge < -0.3 is 21.1 Å². The van der Waals surface area contributed by atoms with Crippen molar-refractivity contribution in [2.75, 3.05) is 19.7 Å². The predicted octanol–water partition coefficient (Wildman–Crippen LogP) is 0.960. The van der Waals surface area contributed by atoms with Crippen LogP contribution in [-0.4, -0.2) is 59.3 Å². The summed E-state index contributed by atoms with van der Waals surface area (Å²) in [6, 6.07) is 5.42. The van der Waals surface area contributed by atoms with E-state index in [1.165, 1.54) is 5.56 Å². The molecular weight excluding hydrogens is 378 g/mol. The van der Waals surface area contributed by atoms with E-state index in [1.54, 1.807) is 12.1 Å². The second kappa shape index (κ2) is 11.0. The molecule has 1 aliphatic rings. The van der Waals surface area contributed by atoms with E-state index in [-0.39, 0.29) is 43.0 Å². The topological polar surface area (TPSA) is 107 Å². The summed E-state index contributed by atoms with van der Waals surface area (Å²) in [5.41, 5.74) is 7.25. The molecule has 1 aromatic carbocycles. The van der Waals surface area contributed by atoms with E-state index >= 15 is 0 Å². The van der Waals surface area contributed by atoms with Gasteiger partial charge in [0.25, 0.3) is 0 Å². The second-order valence-corrected chi connectivity index (χ2v) is 6.84. The van der Waals surface area contributed by atoms with E-state index in [9.17, 15) is 15.0 Å². The van der Waals surface area contributed by atoms with E-state index < -0.39 is 11.5 Å². The number of aromatic hydroxyl groups is 1. The van der Waals surface area contributed by atoms with Crippen molar-refractivity contribution < 1.29 is 20.1 Å². The van der Waals surface area contributed by atoms with Crippen LogP contribution in [0, 0.1) is 0 Å². The maximum Gasteiger partial charge on any atom is 0.323 e. The molecule has 26 heavy (non-hydrogen) atoms. The number of fused-ring (bicyclic) bond motifs is 1. The molecular formula is C17H29BCl2N2O4.